The SMILES string of the molecule is COC(=O)c1ccccc1CS(=O)(=O)N1CCC[C@H](C(=O)O)[C@@H]1C. The van der Waals surface area contributed by atoms with Gasteiger partial charge in [0.15, 0.2) is 0 Å². The summed E-state index contributed by atoms with van der Waals surface area (Å²) in [7, 11) is -2.52. The zero-order chi connectivity index (χ0) is 17.9. The van der Waals surface area contributed by atoms with Gasteiger partial charge in [0.25, 0.3) is 0 Å². The molecule has 1 aliphatic rings. The summed E-state index contributed by atoms with van der Waals surface area (Å²) in [6.45, 7) is 1.90. The molecule has 8 heteroatoms. The van der Waals surface area contributed by atoms with E-state index in [0.717, 1.165) is 0 Å². The summed E-state index contributed by atoms with van der Waals surface area (Å²) in [6, 6.07) is 5.74. The van der Waals surface area contributed by atoms with Crippen LogP contribution in [0.3, 0.4) is 0 Å². The van der Waals surface area contributed by atoms with Crippen molar-refractivity contribution in [3.05, 3.63) is 35.4 Å². The summed E-state index contributed by atoms with van der Waals surface area (Å²) < 4.78 is 31.5. The lowest BCUT2D eigenvalue weighted by molar-refractivity contribution is -0.144. The van der Waals surface area contributed by atoms with E-state index in [2.05, 4.69) is 4.74 Å². The third-order valence-electron chi connectivity index (χ3n) is 4.37. The van der Waals surface area contributed by atoms with E-state index in [1.165, 1.54) is 17.5 Å². The number of aliphatic carboxylic acids is 1. The highest BCUT2D eigenvalue weighted by Gasteiger charge is 2.39. The second kappa shape index (κ2) is 7.31. The molecule has 1 fully saturated rings. The predicted octanol–water partition coefficient (Wildman–Crippen LogP) is 1.49. The molecule has 0 aliphatic carbocycles. The summed E-state index contributed by atoms with van der Waals surface area (Å²) in [5.74, 6) is -2.67. The van der Waals surface area contributed by atoms with Gasteiger partial charge in [0, 0.05) is 12.6 Å². The minimum Gasteiger partial charge on any atom is -0.481 e. The van der Waals surface area contributed by atoms with E-state index < -0.39 is 33.9 Å². The predicted molar refractivity (Wildman–Crippen MR) is 86.9 cm³/mol. The number of piperidine rings is 1. The maximum atomic E-state index is 12.8. The Morgan fingerprint density at radius 1 is 1.33 bits per heavy atom. The van der Waals surface area contributed by atoms with Crippen LogP contribution in [-0.4, -0.2) is 49.5 Å². The fourth-order valence-electron chi connectivity index (χ4n) is 3.07. The monoisotopic (exact) mass is 355 g/mol. The lowest BCUT2D eigenvalue weighted by Gasteiger charge is -2.36. The largest absolute Gasteiger partial charge is 0.481 e. The minimum absolute atomic E-state index is 0.197. The molecule has 0 radical (unpaired) electrons. The number of carbonyl (C=O) groups is 2. The van der Waals surface area contributed by atoms with Crippen LogP contribution in [0, 0.1) is 5.92 Å². The average Bonchev–Trinajstić information content (AvgIpc) is 2.54. The van der Waals surface area contributed by atoms with Crippen LogP contribution < -0.4 is 0 Å². The Morgan fingerprint density at radius 3 is 2.62 bits per heavy atom. The summed E-state index contributed by atoms with van der Waals surface area (Å²) >= 11 is 0. The Hall–Kier alpha value is -1.93. The van der Waals surface area contributed by atoms with Gasteiger partial charge in [-0.15, -0.1) is 0 Å². The number of carbonyl (C=O) groups excluding carboxylic acids is 1. The summed E-state index contributed by atoms with van der Waals surface area (Å²) in [5, 5.41) is 9.25. The van der Waals surface area contributed by atoms with Crippen LogP contribution in [-0.2, 0) is 25.3 Å². The second-order valence-corrected chi connectivity index (χ2v) is 7.76. The Morgan fingerprint density at radius 2 is 2.00 bits per heavy atom. The first-order valence-electron chi connectivity index (χ1n) is 7.66. The number of benzene rings is 1. The summed E-state index contributed by atoms with van der Waals surface area (Å²) in [5.41, 5.74) is 0.539. The Balaban J connectivity index is 2.29. The lowest BCUT2D eigenvalue weighted by Crippen LogP contribution is -2.49. The van der Waals surface area contributed by atoms with Gasteiger partial charge in [-0.1, -0.05) is 18.2 Å². The second-order valence-electron chi connectivity index (χ2n) is 5.84. The molecule has 0 aromatic heterocycles. The Labute approximate surface area is 141 Å². The van der Waals surface area contributed by atoms with Gasteiger partial charge in [-0.3, -0.25) is 4.79 Å². The molecular formula is C16H21NO6S. The third kappa shape index (κ3) is 3.76. The van der Waals surface area contributed by atoms with Gasteiger partial charge < -0.3 is 9.84 Å². The quantitative estimate of drug-likeness (QED) is 0.803. The van der Waals surface area contributed by atoms with E-state index >= 15 is 0 Å². The first kappa shape index (κ1) is 18.4. The zero-order valence-electron chi connectivity index (χ0n) is 13.6. The highest BCUT2D eigenvalue weighted by molar-refractivity contribution is 7.88. The van der Waals surface area contributed by atoms with Crippen LogP contribution in [0.15, 0.2) is 24.3 Å². The van der Waals surface area contributed by atoms with Crippen molar-refractivity contribution >= 4 is 22.0 Å². The molecule has 2 atom stereocenters. The molecule has 0 spiro atoms. The molecule has 0 saturated carbocycles. The fraction of sp³-hybridized carbons (Fsp3) is 0.500. The first-order chi connectivity index (χ1) is 11.3. The van der Waals surface area contributed by atoms with Gasteiger partial charge in [0.2, 0.25) is 10.0 Å². The number of rotatable bonds is 5. The maximum Gasteiger partial charge on any atom is 0.338 e. The van der Waals surface area contributed by atoms with Crippen molar-refractivity contribution in [3.8, 4) is 0 Å². The van der Waals surface area contributed by atoms with Crippen LogP contribution in [0.5, 0.6) is 0 Å². The van der Waals surface area contributed by atoms with Crippen LogP contribution in [0.1, 0.15) is 35.7 Å². The molecule has 24 heavy (non-hydrogen) atoms. The van der Waals surface area contributed by atoms with Crippen LogP contribution in [0.2, 0.25) is 0 Å². The van der Waals surface area contributed by atoms with Crippen molar-refractivity contribution in [2.75, 3.05) is 13.7 Å². The van der Waals surface area contributed by atoms with Crippen molar-refractivity contribution < 1.29 is 27.9 Å². The van der Waals surface area contributed by atoms with Crippen molar-refractivity contribution in [3.63, 3.8) is 0 Å². The Bertz CT molecular complexity index is 730. The standard InChI is InChI=1S/C16H21NO6S/c1-11-13(15(18)19)8-5-9-17(11)24(21,22)10-12-6-3-4-7-14(12)16(20)23-2/h3-4,6-7,11,13H,5,8-10H2,1-2H3,(H,18,19)/t11-,13-/m0/s1. The van der Waals surface area contributed by atoms with Gasteiger partial charge >= 0.3 is 11.9 Å². The Kier molecular flexibility index (Phi) is 5.61. The number of esters is 1. The molecule has 0 unspecified atom stereocenters. The van der Waals surface area contributed by atoms with Gasteiger partial charge in [0.05, 0.1) is 24.3 Å². The molecule has 1 aromatic carbocycles. The zero-order valence-corrected chi connectivity index (χ0v) is 14.5. The number of methoxy groups -OCH3 is 1. The van der Waals surface area contributed by atoms with Gasteiger partial charge in [0.1, 0.15) is 0 Å². The van der Waals surface area contributed by atoms with E-state index in [9.17, 15) is 23.1 Å². The number of sulfonamides is 1. The van der Waals surface area contributed by atoms with Crippen molar-refractivity contribution in [2.24, 2.45) is 5.92 Å². The molecule has 0 bridgehead atoms. The van der Waals surface area contributed by atoms with Crippen LogP contribution in [0.4, 0.5) is 0 Å². The molecule has 1 aromatic rings. The number of ether oxygens (including phenoxy) is 1. The molecule has 1 saturated heterocycles. The van der Waals surface area contributed by atoms with Gasteiger partial charge in [-0.25, -0.2) is 13.2 Å². The fourth-order valence-corrected chi connectivity index (χ4v) is 4.94. The van der Waals surface area contributed by atoms with Crippen LogP contribution in [0.25, 0.3) is 0 Å². The van der Waals surface area contributed by atoms with Crippen LogP contribution >= 0.6 is 0 Å². The van der Waals surface area contributed by atoms with Gasteiger partial charge in [-0.05, 0) is 31.4 Å². The van der Waals surface area contributed by atoms with Crippen molar-refractivity contribution in [1.82, 2.24) is 4.31 Å². The molecule has 132 valence electrons. The van der Waals surface area contributed by atoms with E-state index in [1.54, 1.807) is 25.1 Å². The number of carboxylic acids is 1. The van der Waals surface area contributed by atoms with Gasteiger partial charge in [-0.2, -0.15) is 4.31 Å². The third-order valence-corrected chi connectivity index (χ3v) is 6.27. The highest BCUT2D eigenvalue weighted by Crippen LogP contribution is 2.28. The summed E-state index contributed by atoms with van der Waals surface area (Å²) in [6.07, 6.45) is 0.959. The number of carboxylic acid groups (broad SMARTS) is 1. The lowest BCUT2D eigenvalue weighted by atomic mass is 9.92. The number of nitrogens with zero attached hydrogens (tertiary/aromatic N) is 1. The van der Waals surface area contributed by atoms with E-state index in [4.69, 9.17) is 0 Å². The molecular weight excluding hydrogens is 334 g/mol. The van der Waals surface area contributed by atoms with E-state index in [-0.39, 0.29) is 17.9 Å². The van der Waals surface area contributed by atoms with Crippen molar-refractivity contribution in [2.45, 2.75) is 31.6 Å². The first-order valence-corrected chi connectivity index (χ1v) is 9.27. The minimum atomic E-state index is -3.75. The molecule has 1 N–H and O–H groups in total. The highest BCUT2D eigenvalue weighted by atomic mass is 32.2. The van der Waals surface area contributed by atoms with E-state index in [0.29, 0.717) is 18.4 Å². The maximum absolute atomic E-state index is 12.8. The molecule has 7 nitrogen and oxygen atoms in total. The molecule has 1 heterocycles. The molecule has 1 aliphatic heterocycles. The average molecular weight is 355 g/mol. The number of hydrogen-bond donors (Lipinski definition) is 1. The smallest absolute Gasteiger partial charge is 0.338 e. The normalized spacial score (nSPS) is 22.1. The van der Waals surface area contributed by atoms with E-state index in [1.807, 2.05) is 0 Å². The number of hydrogen-bond acceptors (Lipinski definition) is 5. The summed E-state index contributed by atoms with van der Waals surface area (Å²) in [4.78, 5) is 23.1. The molecule has 0 amide bonds. The topological polar surface area (TPSA) is 101 Å². The molecule has 2 rings (SSSR count). The van der Waals surface area contributed by atoms with Crippen molar-refractivity contribution in [1.29, 1.82) is 0 Å².